The molecule has 0 aromatic carbocycles. The highest BCUT2D eigenvalue weighted by Crippen LogP contribution is 2.21. The van der Waals surface area contributed by atoms with Crippen molar-refractivity contribution in [3.8, 4) is 0 Å². The maximum atomic E-state index is 11.7. The van der Waals surface area contributed by atoms with Crippen molar-refractivity contribution in [1.29, 1.82) is 0 Å². The van der Waals surface area contributed by atoms with Gasteiger partial charge in [0, 0.05) is 36.7 Å². The van der Waals surface area contributed by atoms with E-state index in [1.807, 2.05) is 0 Å². The molecule has 1 amide bonds. The third-order valence-corrected chi connectivity index (χ3v) is 6.01. The van der Waals surface area contributed by atoms with Crippen LogP contribution in [0, 0.1) is 5.92 Å². The molecule has 0 aromatic heterocycles. The van der Waals surface area contributed by atoms with E-state index in [4.69, 9.17) is 10.7 Å². The summed E-state index contributed by atoms with van der Waals surface area (Å²) in [4.78, 5) is 15.7. The monoisotopic (exact) mass is 308 g/mol. The first-order valence-corrected chi connectivity index (χ1v) is 9.17. The fraction of sp³-hybridized carbons (Fsp3) is 0.917. The molecule has 0 saturated carbocycles. The molecule has 2 fully saturated rings. The Kier molecular flexibility index (Phi) is 4.74. The average molecular weight is 309 g/mol. The number of piperidine rings is 1. The van der Waals surface area contributed by atoms with Crippen LogP contribution in [-0.2, 0) is 13.8 Å². The van der Waals surface area contributed by atoms with Crippen molar-refractivity contribution in [1.82, 2.24) is 9.80 Å². The molecule has 19 heavy (non-hydrogen) atoms. The van der Waals surface area contributed by atoms with E-state index in [9.17, 15) is 13.2 Å². The summed E-state index contributed by atoms with van der Waals surface area (Å²) in [5.41, 5.74) is 0. The van der Waals surface area contributed by atoms with Crippen LogP contribution in [0.1, 0.15) is 26.2 Å². The molecule has 0 radical (unpaired) electrons. The van der Waals surface area contributed by atoms with Gasteiger partial charge in [-0.05, 0) is 31.8 Å². The fourth-order valence-corrected chi connectivity index (χ4v) is 3.75. The predicted molar refractivity (Wildman–Crippen MR) is 74.6 cm³/mol. The summed E-state index contributed by atoms with van der Waals surface area (Å²) in [6, 6.07) is 0. The summed E-state index contributed by atoms with van der Waals surface area (Å²) in [6.07, 6.45) is 2.43. The zero-order valence-corrected chi connectivity index (χ0v) is 12.8. The Bertz CT molecular complexity index is 432. The van der Waals surface area contributed by atoms with Crippen LogP contribution < -0.4 is 0 Å². The molecule has 2 heterocycles. The minimum absolute atomic E-state index is 0.0306. The molecule has 7 heteroatoms. The van der Waals surface area contributed by atoms with Gasteiger partial charge in [-0.25, -0.2) is 8.42 Å². The SMILES string of the molecule is CC1CCN(CCN2CC(S(=O)(=O)Cl)CC2=O)CC1. The standard InChI is InChI=1S/C12H21ClN2O3S/c1-10-2-4-14(5-3-10)6-7-15-9-11(8-12(15)16)19(13,17)18/h10-11H,2-9H2,1H3. The molecular weight excluding hydrogens is 288 g/mol. The minimum atomic E-state index is -3.62. The van der Waals surface area contributed by atoms with Gasteiger partial charge in [0.25, 0.3) is 0 Å². The number of carbonyl (C=O) groups excluding carboxylic acids is 1. The maximum Gasteiger partial charge on any atom is 0.237 e. The van der Waals surface area contributed by atoms with Crippen molar-refractivity contribution in [2.45, 2.75) is 31.4 Å². The van der Waals surface area contributed by atoms with Crippen LogP contribution in [0.3, 0.4) is 0 Å². The second kappa shape index (κ2) is 5.97. The molecule has 0 bridgehead atoms. The number of carbonyl (C=O) groups is 1. The number of amides is 1. The van der Waals surface area contributed by atoms with E-state index in [1.165, 1.54) is 12.8 Å². The van der Waals surface area contributed by atoms with Crippen LogP contribution in [0.4, 0.5) is 0 Å². The number of rotatable bonds is 4. The summed E-state index contributed by atoms with van der Waals surface area (Å²) < 4.78 is 22.5. The summed E-state index contributed by atoms with van der Waals surface area (Å²) in [5, 5.41) is -0.733. The Hall–Kier alpha value is -0.330. The van der Waals surface area contributed by atoms with E-state index in [0.29, 0.717) is 6.54 Å². The summed E-state index contributed by atoms with van der Waals surface area (Å²) in [6.45, 7) is 6.08. The molecular formula is C12H21ClN2O3S. The predicted octanol–water partition coefficient (Wildman–Crippen LogP) is 0.888. The van der Waals surface area contributed by atoms with Gasteiger partial charge in [0.15, 0.2) is 0 Å². The molecule has 2 aliphatic rings. The Labute approximate surface area is 119 Å². The van der Waals surface area contributed by atoms with Crippen molar-refractivity contribution < 1.29 is 13.2 Å². The molecule has 2 aliphatic heterocycles. The molecule has 110 valence electrons. The van der Waals surface area contributed by atoms with E-state index in [-0.39, 0.29) is 18.9 Å². The normalized spacial score (nSPS) is 27.2. The first-order valence-electron chi connectivity index (χ1n) is 6.80. The van der Waals surface area contributed by atoms with E-state index >= 15 is 0 Å². The minimum Gasteiger partial charge on any atom is -0.340 e. The number of halogens is 1. The van der Waals surface area contributed by atoms with E-state index in [0.717, 1.165) is 25.6 Å². The van der Waals surface area contributed by atoms with E-state index in [1.54, 1.807) is 4.90 Å². The van der Waals surface area contributed by atoms with E-state index < -0.39 is 14.3 Å². The highest BCUT2D eigenvalue weighted by molar-refractivity contribution is 8.14. The van der Waals surface area contributed by atoms with Gasteiger partial charge in [0.05, 0.1) is 0 Å². The molecule has 2 rings (SSSR count). The Morgan fingerprint density at radius 3 is 2.42 bits per heavy atom. The summed E-state index contributed by atoms with van der Waals surface area (Å²) in [7, 11) is 1.70. The lowest BCUT2D eigenvalue weighted by molar-refractivity contribution is -0.127. The average Bonchev–Trinajstić information content (AvgIpc) is 2.70. The third-order valence-electron chi connectivity index (χ3n) is 4.14. The third kappa shape index (κ3) is 4.07. The molecule has 0 spiro atoms. The first kappa shape index (κ1) is 15.1. The van der Waals surface area contributed by atoms with Crippen molar-refractivity contribution in [3.05, 3.63) is 0 Å². The van der Waals surface area contributed by atoms with Gasteiger partial charge in [0.2, 0.25) is 15.0 Å². The molecule has 2 saturated heterocycles. The highest BCUT2D eigenvalue weighted by atomic mass is 35.7. The zero-order valence-electron chi connectivity index (χ0n) is 11.2. The van der Waals surface area contributed by atoms with E-state index in [2.05, 4.69) is 11.8 Å². The molecule has 1 atom stereocenters. The van der Waals surface area contributed by atoms with Crippen LogP contribution in [-0.4, -0.2) is 62.1 Å². The lowest BCUT2D eigenvalue weighted by Crippen LogP contribution is -2.40. The fourth-order valence-electron chi connectivity index (χ4n) is 2.69. The zero-order chi connectivity index (χ0) is 14.0. The van der Waals surface area contributed by atoms with Crippen LogP contribution >= 0.6 is 10.7 Å². The Morgan fingerprint density at radius 2 is 1.89 bits per heavy atom. The summed E-state index contributed by atoms with van der Waals surface area (Å²) in [5.74, 6) is 0.690. The topological polar surface area (TPSA) is 57.7 Å². The molecule has 0 aliphatic carbocycles. The highest BCUT2D eigenvalue weighted by Gasteiger charge is 2.37. The number of nitrogens with zero attached hydrogens (tertiary/aromatic N) is 2. The van der Waals surface area contributed by atoms with Crippen LogP contribution in [0.5, 0.6) is 0 Å². The van der Waals surface area contributed by atoms with Gasteiger partial charge in [-0.3, -0.25) is 4.79 Å². The van der Waals surface area contributed by atoms with Crippen molar-refractivity contribution >= 4 is 25.6 Å². The molecule has 5 nitrogen and oxygen atoms in total. The van der Waals surface area contributed by atoms with Gasteiger partial charge in [-0.15, -0.1) is 0 Å². The van der Waals surface area contributed by atoms with Gasteiger partial charge in [-0.2, -0.15) is 0 Å². The van der Waals surface area contributed by atoms with Crippen molar-refractivity contribution in [2.75, 3.05) is 32.7 Å². The molecule has 0 N–H and O–H groups in total. The quantitative estimate of drug-likeness (QED) is 0.724. The maximum absolute atomic E-state index is 11.7. The van der Waals surface area contributed by atoms with Gasteiger partial charge < -0.3 is 9.80 Å². The number of likely N-dealkylation sites (tertiary alicyclic amines) is 2. The van der Waals surface area contributed by atoms with Crippen LogP contribution in [0.2, 0.25) is 0 Å². The number of hydrogen-bond donors (Lipinski definition) is 0. The van der Waals surface area contributed by atoms with Crippen LogP contribution in [0.15, 0.2) is 0 Å². The van der Waals surface area contributed by atoms with Crippen molar-refractivity contribution in [2.24, 2.45) is 5.92 Å². The summed E-state index contributed by atoms with van der Waals surface area (Å²) >= 11 is 0. The first-order chi connectivity index (χ1) is 8.86. The van der Waals surface area contributed by atoms with Gasteiger partial charge >= 0.3 is 0 Å². The Morgan fingerprint density at radius 1 is 1.26 bits per heavy atom. The lowest BCUT2D eigenvalue weighted by Gasteiger charge is -2.31. The van der Waals surface area contributed by atoms with Gasteiger partial charge in [0.1, 0.15) is 5.25 Å². The second-order valence-corrected chi connectivity index (χ2v) is 8.57. The van der Waals surface area contributed by atoms with Crippen molar-refractivity contribution in [3.63, 3.8) is 0 Å². The lowest BCUT2D eigenvalue weighted by atomic mass is 9.99. The van der Waals surface area contributed by atoms with Gasteiger partial charge in [-0.1, -0.05) is 6.92 Å². The van der Waals surface area contributed by atoms with Crippen LogP contribution in [0.25, 0.3) is 0 Å². The largest absolute Gasteiger partial charge is 0.340 e. The second-order valence-electron chi connectivity index (χ2n) is 5.67. The molecule has 0 aromatic rings. The molecule has 1 unspecified atom stereocenters. The smallest absolute Gasteiger partial charge is 0.237 e. The Balaban J connectivity index is 1.79. The number of hydrogen-bond acceptors (Lipinski definition) is 4.